The van der Waals surface area contributed by atoms with Gasteiger partial charge in [0.1, 0.15) is 11.5 Å². The maximum absolute atomic E-state index is 9.31. The Hall–Kier alpha value is -2.04. The molecule has 0 fully saturated rings. The highest BCUT2D eigenvalue weighted by molar-refractivity contribution is 5.40. The van der Waals surface area contributed by atoms with Gasteiger partial charge in [0, 0.05) is 31.3 Å². The lowest BCUT2D eigenvalue weighted by atomic mass is 10.1. The Labute approximate surface area is 131 Å². The Balaban J connectivity index is 2.13. The Morgan fingerprint density at radius 2 is 1.73 bits per heavy atom. The SMILES string of the molecule is COc1ccc(CN(CCO)Cc2ccccc2)c(OC)c1. The van der Waals surface area contributed by atoms with Crippen LogP contribution >= 0.6 is 0 Å². The molecule has 2 aromatic carbocycles. The molecule has 0 radical (unpaired) electrons. The van der Waals surface area contributed by atoms with Crippen LogP contribution in [0.2, 0.25) is 0 Å². The highest BCUT2D eigenvalue weighted by atomic mass is 16.5. The third-order valence-corrected chi connectivity index (χ3v) is 3.55. The van der Waals surface area contributed by atoms with Gasteiger partial charge in [-0.2, -0.15) is 0 Å². The molecule has 0 aliphatic carbocycles. The molecule has 4 heteroatoms. The lowest BCUT2D eigenvalue weighted by Crippen LogP contribution is -2.26. The van der Waals surface area contributed by atoms with E-state index >= 15 is 0 Å². The number of aliphatic hydroxyl groups excluding tert-OH is 1. The zero-order chi connectivity index (χ0) is 15.8. The monoisotopic (exact) mass is 301 g/mol. The van der Waals surface area contributed by atoms with E-state index < -0.39 is 0 Å². The summed E-state index contributed by atoms with van der Waals surface area (Å²) in [5.41, 5.74) is 2.30. The second-order valence-electron chi connectivity index (χ2n) is 5.10. The van der Waals surface area contributed by atoms with Crippen molar-refractivity contribution in [3.8, 4) is 11.5 Å². The smallest absolute Gasteiger partial charge is 0.127 e. The van der Waals surface area contributed by atoms with Gasteiger partial charge in [0.2, 0.25) is 0 Å². The molecule has 0 heterocycles. The van der Waals surface area contributed by atoms with E-state index in [2.05, 4.69) is 17.0 Å². The van der Waals surface area contributed by atoms with Crippen LogP contribution in [0.1, 0.15) is 11.1 Å². The van der Waals surface area contributed by atoms with Crippen molar-refractivity contribution in [2.45, 2.75) is 13.1 Å². The van der Waals surface area contributed by atoms with Crippen LogP contribution < -0.4 is 9.47 Å². The predicted molar refractivity (Wildman–Crippen MR) is 87.2 cm³/mol. The van der Waals surface area contributed by atoms with Crippen LogP contribution in [0.15, 0.2) is 48.5 Å². The van der Waals surface area contributed by atoms with Crippen molar-refractivity contribution in [2.24, 2.45) is 0 Å². The third-order valence-electron chi connectivity index (χ3n) is 3.55. The van der Waals surface area contributed by atoms with Crippen LogP contribution in [0.25, 0.3) is 0 Å². The van der Waals surface area contributed by atoms with Crippen LogP contribution in [0, 0.1) is 0 Å². The standard InChI is InChI=1S/C18H23NO3/c1-21-17-9-8-16(18(12-17)22-2)14-19(10-11-20)13-15-6-4-3-5-7-15/h3-9,12,20H,10-11,13-14H2,1-2H3. The fourth-order valence-corrected chi connectivity index (χ4v) is 2.42. The van der Waals surface area contributed by atoms with Crippen LogP contribution in [0.3, 0.4) is 0 Å². The normalized spacial score (nSPS) is 10.7. The summed E-state index contributed by atoms with van der Waals surface area (Å²) in [6.45, 7) is 2.24. The first kappa shape index (κ1) is 16.3. The zero-order valence-electron chi connectivity index (χ0n) is 13.2. The van der Waals surface area contributed by atoms with Crippen LogP contribution in [-0.2, 0) is 13.1 Å². The van der Waals surface area contributed by atoms with Crippen molar-refractivity contribution in [3.63, 3.8) is 0 Å². The average Bonchev–Trinajstić information content (AvgIpc) is 2.56. The highest BCUT2D eigenvalue weighted by Gasteiger charge is 2.11. The molecule has 0 aromatic heterocycles. The van der Waals surface area contributed by atoms with Crippen LogP contribution in [0.5, 0.6) is 11.5 Å². The minimum absolute atomic E-state index is 0.130. The first-order valence-electron chi connectivity index (χ1n) is 7.35. The summed E-state index contributed by atoms with van der Waals surface area (Å²) in [6, 6.07) is 16.1. The summed E-state index contributed by atoms with van der Waals surface area (Å²) >= 11 is 0. The molecular formula is C18H23NO3. The molecule has 0 unspecified atom stereocenters. The molecular weight excluding hydrogens is 278 g/mol. The number of aliphatic hydroxyl groups is 1. The molecule has 118 valence electrons. The molecule has 1 N–H and O–H groups in total. The van der Waals surface area contributed by atoms with Gasteiger partial charge in [0.05, 0.1) is 20.8 Å². The predicted octanol–water partition coefficient (Wildman–Crippen LogP) is 2.70. The molecule has 0 atom stereocenters. The second-order valence-corrected chi connectivity index (χ2v) is 5.10. The van der Waals surface area contributed by atoms with Gasteiger partial charge in [-0.3, -0.25) is 4.90 Å². The maximum Gasteiger partial charge on any atom is 0.127 e. The Kier molecular flexibility index (Phi) is 6.25. The fourth-order valence-electron chi connectivity index (χ4n) is 2.42. The fraction of sp³-hybridized carbons (Fsp3) is 0.333. The number of ether oxygens (including phenoxy) is 2. The van der Waals surface area contributed by atoms with Gasteiger partial charge in [0.25, 0.3) is 0 Å². The Morgan fingerprint density at radius 3 is 2.36 bits per heavy atom. The van der Waals surface area contributed by atoms with E-state index in [9.17, 15) is 5.11 Å². The molecule has 4 nitrogen and oxygen atoms in total. The molecule has 0 aliphatic heterocycles. The van der Waals surface area contributed by atoms with Crippen molar-refractivity contribution < 1.29 is 14.6 Å². The second kappa shape index (κ2) is 8.41. The first-order valence-corrected chi connectivity index (χ1v) is 7.35. The molecule has 2 aromatic rings. The molecule has 0 aliphatic rings. The minimum atomic E-state index is 0.130. The zero-order valence-corrected chi connectivity index (χ0v) is 13.2. The summed E-state index contributed by atoms with van der Waals surface area (Å²) in [4.78, 5) is 2.19. The van der Waals surface area contributed by atoms with E-state index in [-0.39, 0.29) is 6.61 Å². The largest absolute Gasteiger partial charge is 0.497 e. The van der Waals surface area contributed by atoms with Crippen molar-refractivity contribution in [2.75, 3.05) is 27.4 Å². The van der Waals surface area contributed by atoms with Gasteiger partial charge in [-0.05, 0) is 11.6 Å². The number of rotatable bonds is 8. The number of methoxy groups -OCH3 is 2. The van der Waals surface area contributed by atoms with Crippen molar-refractivity contribution >= 4 is 0 Å². The van der Waals surface area contributed by atoms with Gasteiger partial charge < -0.3 is 14.6 Å². The average molecular weight is 301 g/mol. The van der Waals surface area contributed by atoms with Gasteiger partial charge in [0.15, 0.2) is 0 Å². The quantitative estimate of drug-likeness (QED) is 0.814. The number of hydrogen-bond donors (Lipinski definition) is 1. The van der Waals surface area contributed by atoms with E-state index in [1.165, 1.54) is 5.56 Å². The minimum Gasteiger partial charge on any atom is -0.497 e. The molecule has 0 amide bonds. The van der Waals surface area contributed by atoms with Gasteiger partial charge in [-0.1, -0.05) is 36.4 Å². The first-order chi connectivity index (χ1) is 10.8. The highest BCUT2D eigenvalue weighted by Crippen LogP contribution is 2.26. The summed E-state index contributed by atoms with van der Waals surface area (Å²) < 4.78 is 10.7. The maximum atomic E-state index is 9.31. The summed E-state index contributed by atoms with van der Waals surface area (Å²) in [6.07, 6.45) is 0. The van der Waals surface area contributed by atoms with Gasteiger partial charge >= 0.3 is 0 Å². The van der Waals surface area contributed by atoms with E-state index in [1.807, 2.05) is 36.4 Å². The van der Waals surface area contributed by atoms with E-state index in [0.29, 0.717) is 13.1 Å². The number of nitrogens with zero attached hydrogens (tertiary/aromatic N) is 1. The molecule has 0 bridgehead atoms. The van der Waals surface area contributed by atoms with Gasteiger partial charge in [-0.25, -0.2) is 0 Å². The van der Waals surface area contributed by atoms with Crippen molar-refractivity contribution in [3.05, 3.63) is 59.7 Å². The summed E-state index contributed by atoms with van der Waals surface area (Å²) in [5, 5.41) is 9.31. The van der Waals surface area contributed by atoms with Gasteiger partial charge in [-0.15, -0.1) is 0 Å². The molecule has 2 rings (SSSR count). The van der Waals surface area contributed by atoms with E-state index in [0.717, 1.165) is 23.6 Å². The lowest BCUT2D eigenvalue weighted by molar-refractivity contribution is 0.183. The summed E-state index contributed by atoms with van der Waals surface area (Å²) in [5.74, 6) is 1.58. The molecule has 22 heavy (non-hydrogen) atoms. The topological polar surface area (TPSA) is 41.9 Å². The van der Waals surface area contributed by atoms with E-state index in [1.54, 1.807) is 14.2 Å². The van der Waals surface area contributed by atoms with Crippen molar-refractivity contribution in [1.82, 2.24) is 4.90 Å². The Morgan fingerprint density at radius 1 is 0.955 bits per heavy atom. The molecule has 0 saturated carbocycles. The number of benzene rings is 2. The summed E-state index contributed by atoms with van der Waals surface area (Å²) in [7, 11) is 3.30. The molecule has 0 saturated heterocycles. The lowest BCUT2D eigenvalue weighted by Gasteiger charge is -2.23. The third kappa shape index (κ3) is 4.48. The van der Waals surface area contributed by atoms with E-state index in [4.69, 9.17) is 9.47 Å². The van der Waals surface area contributed by atoms with Crippen molar-refractivity contribution in [1.29, 1.82) is 0 Å². The number of hydrogen-bond acceptors (Lipinski definition) is 4. The van der Waals surface area contributed by atoms with Crippen LogP contribution in [0.4, 0.5) is 0 Å². The molecule has 0 spiro atoms. The van der Waals surface area contributed by atoms with Crippen LogP contribution in [-0.4, -0.2) is 37.4 Å². The Bertz CT molecular complexity index is 572.